The highest BCUT2D eigenvalue weighted by Crippen LogP contribution is 2.38. The molecule has 0 bridgehead atoms. The van der Waals surface area contributed by atoms with Crippen molar-refractivity contribution in [3.63, 3.8) is 0 Å². The normalized spacial score (nSPS) is 26.0. The zero-order valence-electron chi connectivity index (χ0n) is 13.0. The smallest absolute Gasteiger partial charge is 0.193 e. The monoisotopic (exact) mass is 307 g/mol. The van der Waals surface area contributed by atoms with Crippen LogP contribution in [0.4, 0.5) is 0 Å². The molecule has 116 valence electrons. The lowest BCUT2D eigenvalue weighted by atomic mass is 9.87. The summed E-state index contributed by atoms with van der Waals surface area (Å²) < 4.78 is 5.60. The van der Waals surface area contributed by atoms with Crippen molar-refractivity contribution in [2.75, 3.05) is 33.4 Å². The SMILES string of the molecule is CCc1ccc(CNC(=NC)N2CCC3(CCOC3)C2)s1. The van der Waals surface area contributed by atoms with Crippen molar-refractivity contribution in [1.29, 1.82) is 0 Å². The first-order valence-electron chi connectivity index (χ1n) is 7.86. The van der Waals surface area contributed by atoms with E-state index < -0.39 is 0 Å². The molecule has 2 saturated heterocycles. The van der Waals surface area contributed by atoms with E-state index in [4.69, 9.17) is 4.74 Å². The Bertz CT molecular complexity index is 505. The van der Waals surface area contributed by atoms with E-state index in [2.05, 4.69) is 34.3 Å². The summed E-state index contributed by atoms with van der Waals surface area (Å²) in [6.07, 6.45) is 3.55. The molecule has 0 aromatic carbocycles. The van der Waals surface area contributed by atoms with Crippen LogP contribution in [-0.2, 0) is 17.7 Å². The summed E-state index contributed by atoms with van der Waals surface area (Å²) in [5, 5.41) is 3.52. The van der Waals surface area contributed by atoms with Crippen LogP contribution in [0.2, 0.25) is 0 Å². The number of aryl methyl sites for hydroxylation is 1. The molecule has 1 aromatic rings. The Labute approximate surface area is 131 Å². The molecule has 0 saturated carbocycles. The van der Waals surface area contributed by atoms with Gasteiger partial charge in [0.15, 0.2) is 5.96 Å². The van der Waals surface area contributed by atoms with E-state index in [-0.39, 0.29) is 0 Å². The maximum atomic E-state index is 5.60. The molecule has 0 amide bonds. The number of thiophene rings is 1. The number of rotatable bonds is 3. The lowest BCUT2D eigenvalue weighted by Crippen LogP contribution is -2.41. The van der Waals surface area contributed by atoms with Crippen LogP contribution >= 0.6 is 11.3 Å². The molecule has 1 N–H and O–H groups in total. The van der Waals surface area contributed by atoms with Crippen molar-refractivity contribution in [3.05, 3.63) is 21.9 Å². The molecular weight excluding hydrogens is 282 g/mol. The highest BCUT2D eigenvalue weighted by molar-refractivity contribution is 7.11. The number of aliphatic imine (C=N–C) groups is 1. The Morgan fingerprint density at radius 2 is 2.29 bits per heavy atom. The molecule has 1 spiro atoms. The number of nitrogens with one attached hydrogen (secondary N) is 1. The zero-order valence-corrected chi connectivity index (χ0v) is 13.8. The number of ether oxygens (including phenoxy) is 1. The lowest BCUT2D eigenvalue weighted by Gasteiger charge is -2.24. The highest BCUT2D eigenvalue weighted by atomic mass is 32.1. The molecular formula is C16H25N3OS. The first kappa shape index (κ1) is 14.9. The van der Waals surface area contributed by atoms with E-state index >= 15 is 0 Å². The third kappa shape index (κ3) is 3.24. The molecule has 1 aromatic heterocycles. The third-order valence-electron chi connectivity index (χ3n) is 4.62. The van der Waals surface area contributed by atoms with Crippen molar-refractivity contribution < 1.29 is 4.74 Å². The topological polar surface area (TPSA) is 36.9 Å². The van der Waals surface area contributed by atoms with Gasteiger partial charge >= 0.3 is 0 Å². The molecule has 0 aliphatic carbocycles. The molecule has 2 aliphatic heterocycles. The van der Waals surface area contributed by atoms with Crippen LogP contribution in [0, 0.1) is 5.41 Å². The zero-order chi connectivity index (χ0) is 14.7. The Hall–Kier alpha value is -1.07. The molecule has 2 fully saturated rings. The second-order valence-corrected chi connectivity index (χ2v) is 7.35. The van der Waals surface area contributed by atoms with Gasteiger partial charge in [0.05, 0.1) is 13.2 Å². The van der Waals surface area contributed by atoms with Gasteiger partial charge in [0.1, 0.15) is 0 Å². The Balaban J connectivity index is 1.56. The van der Waals surface area contributed by atoms with Crippen molar-refractivity contribution in [2.24, 2.45) is 10.4 Å². The van der Waals surface area contributed by atoms with Gasteiger partial charge in [-0.25, -0.2) is 0 Å². The van der Waals surface area contributed by atoms with Crippen molar-refractivity contribution in [3.8, 4) is 0 Å². The summed E-state index contributed by atoms with van der Waals surface area (Å²) in [5.41, 5.74) is 0.385. The van der Waals surface area contributed by atoms with Gasteiger partial charge in [-0.1, -0.05) is 6.92 Å². The van der Waals surface area contributed by atoms with E-state index in [0.29, 0.717) is 5.41 Å². The van der Waals surface area contributed by atoms with Gasteiger partial charge in [0, 0.05) is 41.9 Å². The molecule has 5 heteroatoms. The fraction of sp³-hybridized carbons (Fsp3) is 0.688. The summed E-state index contributed by atoms with van der Waals surface area (Å²) in [5.74, 6) is 1.03. The molecule has 1 atom stereocenters. The number of hydrogen-bond donors (Lipinski definition) is 1. The van der Waals surface area contributed by atoms with Gasteiger partial charge in [-0.15, -0.1) is 11.3 Å². The minimum atomic E-state index is 0.385. The van der Waals surface area contributed by atoms with E-state index in [1.165, 1.54) is 22.6 Å². The van der Waals surface area contributed by atoms with Crippen LogP contribution in [0.15, 0.2) is 17.1 Å². The van der Waals surface area contributed by atoms with Crippen LogP contribution in [-0.4, -0.2) is 44.2 Å². The van der Waals surface area contributed by atoms with Crippen molar-refractivity contribution >= 4 is 17.3 Å². The number of hydrogen-bond acceptors (Lipinski definition) is 3. The molecule has 1 unspecified atom stereocenters. The second kappa shape index (κ2) is 6.36. The molecule has 3 heterocycles. The minimum Gasteiger partial charge on any atom is -0.381 e. The van der Waals surface area contributed by atoms with E-state index in [1.807, 2.05) is 18.4 Å². The lowest BCUT2D eigenvalue weighted by molar-refractivity contribution is 0.156. The second-order valence-electron chi connectivity index (χ2n) is 6.10. The van der Waals surface area contributed by atoms with Gasteiger partial charge < -0.3 is 15.0 Å². The summed E-state index contributed by atoms with van der Waals surface area (Å²) in [7, 11) is 1.88. The van der Waals surface area contributed by atoms with Crippen LogP contribution < -0.4 is 5.32 Å². The molecule has 2 aliphatic rings. The van der Waals surface area contributed by atoms with Gasteiger partial charge in [0.25, 0.3) is 0 Å². The fourth-order valence-corrected chi connectivity index (χ4v) is 4.19. The molecule has 3 rings (SSSR count). The molecule has 4 nitrogen and oxygen atoms in total. The van der Waals surface area contributed by atoms with Gasteiger partial charge in [0.2, 0.25) is 0 Å². The summed E-state index contributed by atoms with van der Waals surface area (Å²) >= 11 is 1.89. The minimum absolute atomic E-state index is 0.385. The molecule has 21 heavy (non-hydrogen) atoms. The van der Waals surface area contributed by atoms with Crippen LogP contribution in [0.25, 0.3) is 0 Å². The number of guanidine groups is 1. The van der Waals surface area contributed by atoms with E-state index in [9.17, 15) is 0 Å². The largest absolute Gasteiger partial charge is 0.381 e. The quantitative estimate of drug-likeness (QED) is 0.688. The van der Waals surface area contributed by atoms with Gasteiger partial charge in [-0.2, -0.15) is 0 Å². The Morgan fingerprint density at radius 3 is 2.95 bits per heavy atom. The average molecular weight is 307 g/mol. The maximum Gasteiger partial charge on any atom is 0.193 e. The van der Waals surface area contributed by atoms with E-state index in [1.54, 1.807) is 0 Å². The predicted octanol–water partition coefficient (Wildman–Crippen LogP) is 2.50. The summed E-state index contributed by atoms with van der Waals surface area (Å²) in [6, 6.07) is 4.45. The fourth-order valence-electron chi connectivity index (χ4n) is 3.29. The van der Waals surface area contributed by atoms with Crippen molar-refractivity contribution in [2.45, 2.75) is 32.7 Å². The number of nitrogens with zero attached hydrogens (tertiary/aromatic N) is 2. The Kier molecular flexibility index (Phi) is 4.50. The maximum absolute atomic E-state index is 5.60. The van der Waals surface area contributed by atoms with Crippen molar-refractivity contribution in [1.82, 2.24) is 10.2 Å². The average Bonchev–Trinajstić information content (AvgIpc) is 3.23. The predicted molar refractivity (Wildman–Crippen MR) is 88.0 cm³/mol. The van der Waals surface area contributed by atoms with E-state index in [0.717, 1.165) is 45.2 Å². The summed E-state index contributed by atoms with van der Waals surface area (Å²) in [4.78, 5) is 9.68. The van der Waals surface area contributed by atoms with Gasteiger partial charge in [-0.3, -0.25) is 4.99 Å². The molecule has 0 radical (unpaired) electrons. The Morgan fingerprint density at radius 1 is 1.43 bits per heavy atom. The first-order valence-corrected chi connectivity index (χ1v) is 8.67. The summed E-state index contributed by atoms with van der Waals surface area (Å²) in [6.45, 7) is 7.10. The number of likely N-dealkylation sites (tertiary alicyclic amines) is 1. The van der Waals surface area contributed by atoms with Gasteiger partial charge in [-0.05, 0) is 31.4 Å². The standard InChI is InChI=1S/C16H25N3OS/c1-3-13-4-5-14(21-13)10-18-15(17-2)19-8-6-16(11-19)7-9-20-12-16/h4-5H,3,6-12H2,1-2H3,(H,17,18). The third-order valence-corrected chi connectivity index (χ3v) is 5.85. The van der Waals surface area contributed by atoms with Crippen LogP contribution in [0.3, 0.4) is 0 Å². The van der Waals surface area contributed by atoms with Crippen LogP contribution in [0.5, 0.6) is 0 Å². The highest BCUT2D eigenvalue weighted by Gasteiger charge is 2.42. The first-order chi connectivity index (χ1) is 10.2. The van der Waals surface area contributed by atoms with Crippen LogP contribution in [0.1, 0.15) is 29.5 Å².